The standard InChI is InChI=1S/C72H8O2/c73-69-7-3-1-2-4-8(7)70(74)10-6-72-67-59-51-41-31-23-15-12-11-13-17-19(15)27-33-25(17)35-29-21(13)22-14(11)18-20-16(12)24(23)32-38-28(20)34-26(18)36-30(22)40-39(29)49-43(35)53-47(33)55(45(51)37(27)31)63(67)61(53)65-57(49)58-50(40)44(36)54-48(34)56-46(38)52(42(32)41)60(59)68(72)64(56)62(54)66(58)71(65,72)5-9(10)69/h1-4H,5-6H2. The van der Waals surface area contributed by atoms with Gasteiger partial charge in [-0.3, -0.25) is 9.59 Å². The first-order valence-corrected chi connectivity index (χ1v) is 27.4. The topological polar surface area (TPSA) is 34.1 Å². The van der Waals surface area contributed by atoms with Gasteiger partial charge < -0.3 is 0 Å². The lowest BCUT2D eigenvalue weighted by Crippen LogP contribution is -2.56. The molecule has 0 fully saturated rings. The van der Waals surface area contributed by atoms with Crippen molar-refractivity contribution in [3.8, 4) is 0 Å². The molecule has 6 aliphatic rings. The Bertz CT molecular complexity index is 7170. The van der Waals surface area contributed by atoms with Crippen molar-refractivity contribution in [2.45, 2.75) is 23.7 Å². The van der Waals surface area contributed by atoms with E-state index in [9.17, 15) is 0 Å². The molecule has 0 heterocycles. The Balaban J connectivity index is 1.10. The van der Waals surface area contributed by atoms with E-state index in [2.05, 4.69) is 0 Å². The van der Waals surface area contributed by atoms with Gasteiger partial charge in [0.15, 0.2) is 11.6 Å². The third-order valence-electron chi connectivity index (χ3n) is 26.9. The van der Waals surface area contributed by atoms with Crippen LogP contribution in [0.25, 0.3) is 291 Å². The summed E-state index contributed by atoms with van der Waals surface area (Å²) in [7, 11) is 0. The van der Waals surface area contributed by atoms with Crippen molar-refractivity contribution in [1.82, 2.24) is 0 Å². The Morgan fingerprint density at radius 2 is 0.338 bits per heavy atom. The van der Waals surface area contributed by atoms with Crippen LogP contribution in [0.15, 0.2) is 35.4 Å². The van der Waals surface area contributed by atoms with Crippen molar-refractivity contribution in [2.24, 2.45) is 0 Å². The maximum atomic E-state index is 15.9. The van der Waals surface area contributed by atoms with Gasteiger partial charge in [-0.15, -0.1) is 0 Å². The van der Waals surface area contributed by atoms with E-state index in [4.69, 9.17) is 0 Å². The van der Waals surface area contributed by atoms with Crippen molar-refractivity contribution >= 4 is 302 Å². The minimum Gasteiger partial charge on any atom is -0.289 e. The van der Waals surface area contributed by atoms with Crippen LogP contribution >= 0.6 is 0 Å². The Morgan fingerprint density at radius 1 is 0.203 bits per heavy atom. The number of Topliss-reactive ketones (excluding diaryl/α,β-unsaturated/α-hetero) is 2. The summed E-state index contributed by atoms with van der Waals surface area (Å²) >= 11 is 0. The summed E-state index contributed by atoms with van der Waals surface area (Å²) in [5.41, 5.74) is 7.98. The molecular formula is C72H8O2. The van der Waals surface area contributed by atoms with Gasteiger partial charge in [0.05, 0.1) is 0 Å². The van der Waals surface area contributed by atoms with Gasteiger partial charge in [-0.1, -0.05) is 24.3 Å². The molecule has 0 aliphatic heterocycles. The zero-order valence-electron chi connectivity index (χ0n) is 37.5. The molecule has 0 atom stereocenters. The highest BCUT2D eigenvalue weighted by molar-refractivity contribution is 6.82. The average Bonchev–Trinajstić information content (AvgIpc) is 4.37. The number of carbonyl (C=O) groups excluding carboxylic acids is 2. The van der Waals surface area contributed by atoms with E-state index in [1.807, 2.05) is 24.3 Å². The lowest BCUT2D eigenvalue weighted by Gasteiger charge is -2.57. The lowest BCUT2D eigenvalue weighted by atomic mass is 9.42. The van der Waals surface area contributed by atoms with E-state index in [1.165, 1.54) is 0 Å². The molecule has 308 valence electrons. The molecule has 0 aromatic heterocycles. The fourth-order valence-corrected chi connectivity index (χ4v) is 26.6. The van der Waals surface area contributed by atoms with Crippen molar-refractivity contribution in [1.29, 1.82) is 0 Å². The number of hydrogen-bond donors (Lipinski definition) is 0. The molecule has 2 nitrogen and oxygen atoms in total. The molecule has 2 spiro atoms. The number of carbonyl (C=O) groups is 2. The summed E-state index contributed by atoms with van der Waals surface area (Å²) in [6.45, 7) is 0. The Morgan fingerprint density at radius 3 is 0.486 bits per heavy atom. The molecule has 74 heavy (non-hydrogen) atoms. The van der Waals surface area contributed by atoms with Crippen molar-refractivity contribution in [3.05, 3.63) is 68.8 Å². The van der Waals surface area contributed by atoms with Crippen LogP contribution in [0.1, 0.15) is 55.8 Å². The van der Waals surface area contributed by atoms with E-state index in [-0.39, 0.29) is 11.6 Å². The Kier molecular flexibility index (Phi) is 2.32. The van der Waals surface area contributed by atoms with Gasteiger partial charge in [-0.2, -0.15) is 0 Å². The third-order valence-corrected chi connectivity index (χ3v) is 26.9. The highest BCUT2D eigenvalue weighted by Gasteiger charge is 2.72. The van der Waals surface area contributed by atoms with E-state index in [0.717, 1.165) is 11.1 Å². The van der Waals surface area contributed by atoms with E-state index in [1.54, 1.807) is 313 Å². The summed E-state index contributed by atoms with van der Waals surface area (Å²) < 4.78 is 0. The molecule has 29 aromatic rings. The minimum absolute atomic E-state index is 0.0996. The summed E-state index contributed by atoms with van der Waals surface area (Å²) in [6.07, 6.45) is 1.16. The van der Waals surface area contributed by atoms with Gasteiger partial charge in [0.25, 0.3) is 0 Å². The van der Waals surface area contributed by atoms with Gasteiger partial charge in [0, 0.05) is 33.1 Å². The minimum atomic E-state index is -0.570. The van der Waals surface area contributed by atoms with Crippen LogP contribution in [0.4, 0.5) is 0 Å². The molecule has 29 aromatic carbocycles. The molecule has 0 unspecified atom stereocenters. The van der Waals surface area contributed by atoms with Gasteiger partial charge >= 0.3 is 0 Å². The van der Waals surface area contributed by atoms with Crippen LogP contribution in [0.5, 0.6) is 0 Å². The van der Waals surface area contributed by atoms with Crippen molar-refractivity contribution in [2.75, 3.05) is 0 Å². The largest absolute Gasteiger partial charge is 0.289 e. The molecule has 0 saturated carbocycles. The van der Waals surface area contributed by atoms with Crippen LogP contribution in [0.2, 0.25) is 0 Å². The fraction of sp³-hybridized carbons (Fsp3) is 0.0556. The zero-order valence-corrected chi connectivity index (χ0v) is 37.5. The number of fused-ring (bicyclic) bond motifs is 1. The number of allylic oxidation sites excluding steroid dienone is 2. The van der Waals surface area contributed by atoms with Gasteiger partial charge in [-0.25, -0.2) is 0 Å². The van der Waals surface area contributed by atoms with E-state index < -0.39 is 10.8 Å². The average molecular weight is 905 g/mol. The Hall–Kier alpha value is -9.24. The molecule has 35 rings (SSSR count). The van der Waals surface area contributed by atoms with Crippen molar-refractivity contribution < 1.29 is 9.59 Å². The highest BCUT2D eigenvalue weighted by Crippen LogP contribution is 2.86. The SMILES string of the molecule is O=C1C2=C(CC34c5c6c7c8c9c%10c(c%11c%12c3c3c5c5c%13c6c6c7c7c9c9c%14c%10c%10c%11c%11c%12c%12c3c3c5c5c%13c%13c6c6c7c9c7c9c%14c%10c%10c%11c%11c%12c3c3c5c5c%13c6c7c6c9c%10c%11c3c56)C84C2)C(=O)c2ccccc21. The smallest absolute Gasteiger partial charge is 0.190 e. The van der Waals surface area contributed by atoms with Crippen LogP contribution < -0.4 is 0 Å². The molecule has 6 aliphatic carbocycles. The van der Waals surface area contributed by atoms with Crippen LogP contribution in [0, 0.1) is 0 Å². The van der Waals surface area contributed by atoms with Crippen LogP contribution in [-0.2, 0) is 10.8 Å². The molecule has 0 saturated heterocycles. The normalized spacial score (nSPS) is 22.9. The second-order valence-corrected chi connectivity index (χ2v) is 27.1. The van der Waals surface area contributed by atoms with Crippen LogP contribution in [-0.4, -0.2) is 11.6 Å². The number of hydrogen-bond acceptors (Lipinski definition) is 2. The summed E-state index contributed by atoms with van der Waals surface area (Å²) in [4.78, 5) is 31.7. The second kappa shape index (κ2) is 6.23. The maximum absolute atomic E-state index is 15.9. The first-order chi connectivity index (χ1) is 36.7. The van der Waals surface area contributed by atoms with Crippen LogP contribution in [0.3, 0.4) is 0 Å². The summed E-state index contributed by atoms with van der Waals surface area (Å²) in [5, 5.41) is 85.2. The zero-order chi connectivity index (χ0) is 44.2. The first-order valence-electron chi connectivity index (χ1n) is 27.4. The number of benzene rings is 19. The molecule has 2 heteroatoms. The third kappa shape index (κ3) is 1.46. The summed E-state index contributed by atoms with van der Waals surface area (Å²) in [5.74, 6) is 0.199. The molecular weight excluding hydrogens is 897 g/mol. The molecule has 0 N–H and O–H groups in total. The van der Waals surface area contributed by atoms with E-state index in [0.29, 0.717) is 24.0 Å². The van der Waals surface area contributed by atoms with Gasteiger partial charge in [0.1, 0.15) is 0 Å². The van der Waals surface area contributed by atoms with E-state index >= 15 is 9.59 Å². The second-order valence-electron chi connectivity index (χ2n) is 27.1. The number of ketones is 2. The lowest BCUT2D eigenvalue weighted by molar-refractivity contribution is 0.0946. The quantitative estimate of drug-likeness (QED) is 0.142. The predicted octanol–water partition coefficient (Wildman–Crippen LogP) is 18.5. The monoisotopic (exact) mass is 904 g/mol. The molecule has 0 radical (unpaired) electrons. The van der Waals surface area contributed by atoms with Crippen molar-refractivity contribution in [3.63, 3.8) is 0 Å². The molecule has 0 bridgehead atoms. The molecule has 0 amide bonds. The van der Waals surface area contributed by atoms with Gasteiger partial charge in [0.2, 0.25) is 0 Å². The fourth-order valence-electron chi connectivity index (χ4n) is 26.6. The maximum Gasteiger partial charge on any atom is 0.190 e. The Labute approximate surface area is 402 Å². The predicted molar refractivity (Wildman–Crippen MR) is 305 cm³/mol. The van der Waals surface area contributed by atoms with Gasteiger partial charge in [-0.05, 0) is 326 Å². The summed E-state index contributed by atoms with van der Waals surface area (Å²) in [6, 6.07) is 7.87. The first kappa shape index (κ1) is 27.5. The highest BCUT2D eigenvalue weighted by atomic mass is 16.1. The number of rotatable bonds is 0.